The SMILES string of the molecule is Cc1cc(/C=C/C(=O)N[C@H]2CCOc3ccccc32)c(C)n1-c1ccnn1C(C)C. The highest BCUT2D eigenvalue weighted by molar-refractivity contribution is 5.92. The van der Waals surface area contributed by atoms with Gasteiger partial charge in [0.1, 0.15) is 11.6 Å². The number of fused-ring (bicyclic) bond motifs is 1. The zero-order chi connectivity index (χ0) is 21.3. The molecule has 1 aliphatic heterocycles. The maximum absolute atomic E-state index is 12.6. The summed E-state index contributed by atoms with van der Waals surface area (Å²) in [7, 11) is 0. The van der Waals surface area contributed by atoms with E-state index in [4.69, 9.17) is 4.74 Å². The lowest BCUT2D eigenvalue weighted by Gasteiger charge is -2.26. The zero-order valence-electron chi connectivity index (χ0n) is 17.9. The lowest BCUT2D eigenvalue weighted by molar-refractivity contribution is -0.117. The fraction of sp³-hybridized carbons (Fsp3) is 0.333. The van der Waals surface area contributed by atoms with E-state index in [1.54, 1.807) is 6.08 Å². The second-order valence-electron chi connectivity index (χ2n) is 7.96. The van der Waals surface area contributed by atoms with Crippen LogP contribution >= 0.6 is 0 Å². The van der Waals surface area contributed by atoms with E-state index in [2.05, 4.69) is 48.7 Å². The van der Waals surface area contributed by atoms with E-state index in [0.29, 0.717) is 6.61 Å². The molecule has 6 heteroatoms. The number of para-hydroxylation sites is 1. The van der Waals surface area contributed by atoms with Gasteiger partial charge >= 0.3 is 0 Å². The maximum atomic E-state index is 12.6. The summed E-state index contributed by atoms with van der Waals surface area (Å²) < 4.78 is 9.86. The van der Waals surface area contributed by atoms with Crippen LogP contribution in [0.4, 0.5) is 0 Å². The number of hydrogen-bond acceptors (Lipinski definition) is 3. The zero-order valence-corrected chi connectivity index (χ0v) is 17.9. The van der Waals surface area contributed by atoms with Crippen LogP contribution in [-0.4, -0.2) is 26.9 Å². The van der Waals surface area contributed by atoms with E-state index in [-0.39, 0.29) is 18.0 Å². The van der Waals surface area contributed by atoms with Gasteiger partial charge in [0.25, 0.3) is 0 Å². The van der Waals surface area contributed by atoms with Gasteiger partial charge in [-0.25, -0.2) is 4.68 Å². The van der Waals surface area contributed by atoms with Gasteiger partial charge in [-0.3, -0.25) is 4.79 Å². The second kappa shape index (κ2) is 8.22. The summed E-state index contributed by atoms with van der Waals surface area (Å²) in [6.07, 6.45) is 6.09. The van der Waals surface area contributed by atoms with Gasteiger partial charge in [-0.05, 0) is 51.5 Å². The summed E-state index contributed by atoms with van der Waals surface area (Å²) in [4.78, 5) is 12.6. The molecule has 1 amide bonds. The first-order valence-electron chi connectivity index (χ1n) is 10.4. The molecule has 2 aromatic heterocycles. The van der Waals surface area contributed by atoms with Crippen LogP contribution in [0.5, 0.6) is 5.75 Å². The molecule has 3 aromatic rings. The van der Waals surface area contributed by atoms with E-state index in [0.717, 1.165) is 40.5 Å². The number of nitrogens with one attached hydrogen (secondary N) is 1. The van der Waals surface area contributed by atoms with Gasteiger partial charge < -0.3 is 14.6 Å². The van der Waals surface area contributed by atoms with Crippen molar-refractivity contribution in [1.29, 1.82) is 0 Å². The van der Waals surface area contributed by atoms with Gasteiger partial charge in [0, 0.05) is 41.6 Å². The summed E-state index contributed by atoms with van der Waals surface area (Å²) in [5.74, 6) is 1.78. The molecule has 30 heavy (non-hydrogen) atoms. The number of aromatic nitrogens is 3. The first-order chi connectivity index (χ1) is 14.5. The number of carbonyl (C=O) groups is 1. The Bertz CT molecular complexity index is 1090. The van der Waals surface area contributed by atoms with Crippen LogP contribution in [0.15, 0.2) is 48.7 Å². The van der Waals surface area contributed by atoms with Crippen molar-refractivity contribution in [2.75, 3.05) is 6.61 Å². The quantitative estimate of drug-likeness (QED) is 0.636. The number of hydrogen-bond donors (Lipinski definition) is 1. The Morgan fingerprint density at radius 1 is 1.27 bits per heavy atom. The molecule has 4 rings (SSSR count). The predicted molar refractivity (Wildman–Crippen MR) is 118 cm³/mol. The Hall–Kier alpha value is -3.28. The molecular formula is C24H28N4O2. The second-order valence-corrected chi connectivity index (χ2v) is 7.96. The van der Waals surface area contributed by atoms with E-state index in [1.165, 1.54) is 0 Å². The first kappa shape index (κ1) is 20.0. The molecule has 0 unspecified atom stereocenters. The van der Waals surface area contributed by atoms with Crippen LogP contribution in [0.3, 0.4) is 0 Å². The van der Waals surface area contributed by atoms with Crippen molar-refractivity contribution in [3.05, 3.63) is 71.2 Å². The van der Waals surface area contributed by atoms with Crippen LogP contribution in [-0.2, 0) is 4.79 Å². The Kier molecular flexibility index (Phi) is 5.48. The normalized spacial score (nSPS) is 16.0. The third kappa shape index (κ3) is 3.77. The number of nitrogens with zero attached hydrogens (tertiary/aromatic N) is 3. The minimum atomic E-state index is -0.103. The molecule has 1 N–H and O–H groups in total. The molecule has 1 aliphatic rings. The first-order valence-corrected chi connectivity index (χ1v) is 10.4. The van der Waals surface area contributed by atoms with Gasteiger partial charge in [-0.2, -0.15) is 5.10 Å². The van der Waals surface area contributed by atoms with Crippen LogP contribution in [0, 0.1) is 13.8 Å². The molecule has 0 saturated carbocycles. The average Bonchev–Trinajstić information content (AvgIpc) is 3.31. The molecule has 0 bridgehead atoms. The van der Waals surface area contributed by atoms with Crippen molar-refractivity contribution in [1.82, 2.24) is 19.7 Å². The van der Waals surface area contributed by atoms with E-state index < -0.39 is 0 Å². The lowest BCUT2D eigenvalue weighted by atomic mass is 10.0. The molecule has 0 saturated heterocycles. The Labute approximate surface area is 177 Å². The smallest absolute Gasteiger partial charge is 0.244 e. The standard InChI is InChI=1S/C24H28N4O2/c1-16(2)28-24(11-13-25-28)27-17(3)15-19(18(27)4)9-10-23(29)26-21-12-14-30-22-8-6-5-7-20(21)22/h5-11,13,15-16,21H,12,14H2,1-4H3,(H,26,29)/b10-9+/t21-/m0/s1. The van der Waals surface area contributed by atoms with Crippen molar-refractivity contribution in [2.24, 2.45) is 0 Å². The van der Waals surface area contributed by atoms with Gasteiger partial charge in [0.2, 0.25) is 5.91 Å². The summed E-state index contributed by atoms with van der Waals surface area (Å²) in [5, 5.41) is 7.56. The number of aryl methyl sites for hydroxylation is 1. The van der Waals surface area contributed by atoms with E-state index in [9.17, 15) is 4.79 Å². The van der Waals surface area contributed by atoms with Gasteiger partial charge in [-0.1, -0.05) is 18.2 Å². The van der Waals surface area contributed by atoms with Crippen molar-refractivity contribution < 1.29 is 9.53 Å². The number of amides is 1. The number of rotatable bonds is 5. The molecule has 0 aliphatic carbocycles. The summed E-state index contributed by atoms with van der Waals surface area (Å²) in [5.41, 5.74) is 4.24. The van der Waals surface area contributed by atoms with E-state index in [1.807, 2.05) is 47.3 Å². The molecule has 156 valence electrons. The molecule has 0 spiro atoms. The van der Waals surface area contributed by atoms with Crippen molar-refractivity contribution in [3.63, 3.8) is 0 Å². The molecule has 3 heterocycles. The van der Waals surface area contributed by atoms with Gasteiger partial charge in [0.05, 0.1) is 18.8 Å². The molecule has 0 radical (unpaired) electrons. The monoisotopic (exact) mass is 404 g/mol. The van der Waals surface area contributed by atoms with E-state index >= 15 is 0 Å². The van der Waals surface area contributed by atoms with Crippen LogP contribution in [0.2, 0.25) is 0 Å². The molecule has 6 nitrogen and oxygen atoms in total. The van der Waals surface area contributed by atoms with Gasteiger partial charge in [-0.15, -0.1) is 0 Å². The highest BCUT2D eigenvalue weighted by atomic mass is 16.5. The molecule has 1 aromatic carbocycles. The Morgan fingerprint density at radius 3 is 2.87 bits per heavy atom. The van der Waals surface area contributed by atoms with Crippen molar-refractivity contribution >= 4 is 12.0 Å². The highest BCUT2D eigenvalue weighted by Crippen LogP contribution is 2.31. The number of carbonyl (C=O) groups excluding carboxylic acids is 1. The minimum absolute atomic E-state index is 0.0278. The summed E-state index contributed by atoms with van der Waals surface area (Å²) in [6, 6.07) is 12.2. The van der Waals surface area contributed by atoms with Crippen LogP contribution in [0.25, 0.3) is 11.9 Å². The molecule has 1 atom stereocenters. The van der Waals surface area contributed by atoms with Crippen LogP contribution < -0.4 is 10.1 Å². The lowest BCUT2D eigenvalue weighted by Crippen LogP contribution is -2.30. The topological polar surface area (TPSA) is 61.1 Å². The predicted octanol–water partition coefficient (Wildman–Crippen LogP) is 4.52. The fourth-order valence-corrected chi connectivity index (χ4v) is 4.07. The fourth-order valence-electron chi connectivity index (χ4n) is 4.07. The maximum Gasteiger partial charge on any atom is 0.244 e. The average molecular weight is 405 g/mol. The highest BCUT2D eigenvalue weighted by Gasteiger charge is 2.22. The third-order valence-electron chi connectivity index (χ3n) is 5.53. The summed E-state index contributed by atoms with van der Waals surface area (Å²) >= 11 is 0. The molecular weight excluding hydrogens is 376 g/mol. The third-order valence-corrected chi connectivity index (χ3v) is 5.53. The van der Waals surface area contributed by atoms with Crippen LogP contribution in [0.1, 0.15) is 54.9 Å². The summed E-state index contributed by atoms with van der Waals surface area (Å²) in [6.45, 7) is 8.98. The minimum Gasteiger partial charge on any atom is -0.493 e. The Balaban J connectivity index is 1.53. The van der Waals surface area contributed by atoms with Crippen molar-refractivity contribution in [3.8, 4) is 11.6 Å². The number of benzene rings is 1. The van der Waals surface area contributed by atoms with Crippen molar-refractivity contribution in [2.45, 2.75) is 46.2 Å². The van der Waals surface area contributed by atoms with Gasteiger partial charge in [0.15, 0.2) is 0 Å². The largest absolute Gasteiger partial charge is 0.493 e. The molecule has 0 fully saturated rings. The number of ether oxygens (including phenoxy) is 1. The Morgan fingerprint density at radius 2 is 2.07 bits per heavy atom.